The van der Waals surface area contributed by atoms with Gasteiger partial charge in [-0.1, -0.05) is 13.8 Å². The molecule has 0 amide bonds. The molecule has 1 heterocycles. The fourth-order valence-corrected chi connectivity index (χ4v) is 3.77. The second-order valence-corrected chi connectivity index (χ2v) is 6.53. The van der Waals surface area contributed by atoms with Gasteiger partial charge in [0.05, 0.1) is 0 Å². The summed E-state index contributed by atoms with van der Waals surface area (Å²) in [4.78, 5) is 0. The maximum Gasteiger partial charge on any atom is 0.125 e. The number of hydrogen-bond acceptors (Lipinski definition) is 2. The molecule has 1 aliphatic carbocycles. The Morgan fingerprint density at radius 2 is 2.25 bits per heavy atom. The van der Waals surface area contributed by atoms with Crippen LogP contribution in [0, 0.1) is 11.7 Å². The van der Waals surface area contributed by atoms with Crippen molar-refractivity contribution in [2.75, 3.05) is 6.54 Å². The Labute approximate surface area is 120 Å². The van der Waals surface area contributed by atoms with E-state index in [-0.39, 0.29) is 17.5 Å². The van der Waals surface area contributed by atoms with Gasteiger partial charge in [-0.05, 0) is 56.3 Å². The third-order valence-electron chi connectivity index (χ3n) is 4.70. The first kappa shape index (κ1) is 13.9. The molecule has 1 saturated carbocycles. The van der Waals surface area contributed by atoms with Crippen molar-refractivity contribution in [1.29, 1.82) is 0 Å². The molecular weight excluding hydrogens is 253 g/mol. The van der Waals surface area contributed by atoms with Crippen molar-refractivity contribution in [2.24, 2.45) is 5.92 Å². The molecule has 0 saturated heterocycles. The van der Waals surface area contributed by atoms with Gasteiger partial charge in [-0.2, -0.15) is 0 Å². The Kier molecular flexibility index (Phi) is 3.72. The van der Waals surface area contributed by atoms with Gasteiger partial charge < -0.3 is 10.1 Å². The van der Waals surface area contributed by atoms with Crippen LogP contribution >= 0.6 is 0 Å². The highest BCUT2D eigenvalue weighted by Crippen LogP contribution is 2.48. The van der Waals surface area contributed by atoms with Crippen LogP contribution < -0.4 is 10.1 Å². The number of benzene rings is 1. The van der Waals surface area contributed by atoms with E-state index >= 15 is 0 Å². The number of nitrogens with one attached hydrogen (secondary N) is 1. The van der Waals surface area contributed by atoms with Gasteiger partial charge in [0.15, 0.2) is 0 Å². The fourth-order valence-electron chi connectivity index (χ4n) is 3.77. The minimum Gasteiger partial charge on any atom is -0.487 e. The van der Waals surface area contributed by atoms with Gasteiger partial charge in [-0.25, -0.2) is 4.39 Å². The predicted octanol–water partition coefficient (Wildman–Crippen LogP) is 4.21. The van der Waals surface area contributed by atoms with Gasteiger partial charge in [0, 0.05) is 18.0 Å². The van der Waals surface area contributed by atoms with E-state index in [4.69, 9.17) is 4.74 Å². The van der Waals surface area contributed by atoms with Crippen molar-refractivity contribution in [3.8, 4) is 5.75 Å². The molecule has 1 fully saturated rings. The van der Waals surface area contributed by atoms with Crippen LogP contribution in [0.15, 0.2) is 18.2 Å². The minimum absolute atomic E-state index is 0.0321. The lowest BCUT2D eigenvalue weighted by molar-refractivity contribution is 0.0334. The van der Waals surface area contributed by atoms with E-state index in [1.807, 2.05) is 0 Å². The molecule has 1 aromatic carbocycles. The minimum atomic E-state index is -0.175. The van der Waals surface area contributed by atoms with E-state index in [9.17, 15) is 4.39 Å². The molecule has 3 unspecified atom stereocenters. The summed E-state index contributed by atoms with van der Waals surface area (Å²) in [5, 5.41) is 3.57. The normalized spacial score (nSPS) is 32.1. The number of ether oxygens (including phenoxy) is 1. The van der Waals surface area contributed by atoms with Gasteiger partial charge in [-0.15, -0.1) is 0 Å². The summed E-state index contributed by atoms with van der Waals surface area (Å²) in [5.41, 5.74) is 0.957. The SMILES string of the molecule is CCCNC1CC2(CCC(C)C2)Oc2ccc(F)cc21. The summed E-state index contributed by atoms with van der Waals surface area (Å²) in [6.07, 6.45) is 5.53. The average Bonchev–Trinajstić information content (AvgIpc) is 2.77. The molecule has 3 rings (SSSR count). The Morgan fingerprint density at radius 3 is 2.95 bits per heavy atom. The molecule has 1 aliphatic heterocycles. The molecule has 1 aromatic rings. The van der Waals surface area contributed by atoms with Crippen molar-refractivity contribution in [1.82, 2.24) is 5.32 Å². The second-order valence-electron chi connectivity index (χ2n) is 6.53. The molecular formula is C17H24FNO. The fraction of sp³-hybridized carbons (Fsp3) is 0.647. The van der Waals surface area contributed by atoms with Gasteiger partial charge >= 0.3 is 0 Å². The lowest BCUT2D eigenvalue weighted by atomic mass is 9.85. The maximum absolute atomic E-state index is 13.5. The zero-order chi connectivity index (χ0) is 14.2. The van der Waals surface area contributed by atoms with Crippen molar-refractivity contribution in [3.63, 3.8) is 0 Å². The van der Waals surface area contributed by atoms with E-state index in [1.165, 1.54) is 12.5 Å². The Morgan fingerprint density at radius 1 is 1.40 bits per heavy atom. The Balaban J connectivity index is 1.91. The van der Waals surface area contributed by atoms with Crippen molar-refractivity contribution in [3.05, 3.63) is 29.6 Å². The predicted molar refractivity (Wildman–Crippen MR) is 78.4 cm³/mol. The van der Waals surface area contributed by atoms with E-state index in [0.29, 0.717) is 0 Å². The molecule has 1 N–H and O–H groups in total. The van der Waals surface area contributed by atoms with Crippen molar-refractivity contribution < 1.29 is 9.13 Å². The second kappa shape index (κ2) is 5.36. The van der Waals surface area contributed by atoms with Crippen molar-refractivity contribution in [2.45, 2.75) is 57.6 Å². The lowest BCUT2D eigenvalue weighted by Crippen LogP contribution is -2.42. The first-order valence-corrected chi connectivity index (χ1v) is 7.84. The Bertz CT molecular complexity index is 490. The topological polar surface area (TPSA) is 21.3 Å². The molecule has 0 radical (unpaired) electrons. The highest BCUT2D eigenvalue weighted by Gasteiger charge is 2.45. The van der Waals surface area contributed by atoms with Crippen LogP contribution in [0.1, 0.15) is 57.6 Å². The Hall–Kier alpha value is -1.09. The van der Waals surface area contributed by atoms with E-state index < -0.39 is 0 Å². The number of fused-ring (bicyclic) bond motifs is 1. The van der Waals surface area contributed by atoms with E-state index in [2.05, 4.69) is 19.2 Å². The zero-order valence-corrected chi connectivity index (χ0v) is 12.4. The molecule has 2 aliphatic rings. The zero-order valence-electron chi connectivity index (χ0n) is 12.4. The molecule has 3 atom stereocenters. The third-order valence-corrected chi connectivity index (χ3v) is 4.70. The number of hydrogen-bond donors (Lipinski definition) is 1. The van der Waals surface area contributed by atoms with E-state index in [0.717, 1.165) is 49.5 Å². The average molecular weight is 277 g/mol. The quantitative estimate of drug-likeness (QED) is 0.893. The summed E-state index contributed by atoms with van der Waals surface area (Å²) in [6, 6.07) is 5.16. The summed E-state index contributed by atoms with van der Waals surface area (Å²) in [5.74, 6) is 1.43. The summed E-state index contributed by atoms with van der Waals surface area (Å²) in [6.45, 7) is 5.42. The smallest absolute Gasteiger partial charge is 0.125 e. The van der Waals surface area contributed by atoms with Crippen LogP contribution in [0.25, 0.3) is 0 Å². The van der Waals surface area contributed by atoms with Gasteiger partial charge in [0.1, 0.15) is 17.2 Å². The molecule has 3 heteroatoms. The first-order chi connectivity index (χ1) is 9.62. The first-order valence-electron chi connectivity index (χ1n) is 7.84. The summed E-state index contributed by atoms with van der Waals surface area (Å²) < 4.78 is 19.8. The lowest BCUT2D eigenvalue weighted by Gasteiger charge is -2.40. The molecule has 0 bridgehead atoms. The molecule has 110 valence electrons. The van der Waals surface area contributed by atoms with Gasteiger partial charge in [0.25, 0.3) is 0 Å². The molecule has 20 heavy (non-hydrogen) atoms. The van der Waals surface area contributed by atoms with Crippen LogP contribution in [0.3, 0.4) is 0 Å². The highest BCUT2D eigenvalue weighted by atomic mass is 19.1. The van der Waals surface area contributed by atoms with Crippen LogP contribution in [-0.2, 0) is 0 Å². The van der Waals surface area contributed by atoms with Crippen LogP contribution in [0.5, 0.6) is 5.75 Å². The third kappa shape index (κ3) is 2.56. The van der Waals surface area contributed by atoms with Crippen molar-refractivity contribution >= 4 is 0 Å². The summed E-state index contributed by atoms with van der Waals surface area (Å²) in [7, 11) is 0. The van der Waals surface area contributed by atoms with Crippen LogP contribution in [-0.4, -0.2) is 12.1 Å². The van der Waals surface area contributed by atoms with Crippen LogP contribution in [0.4, 0.5) is 4.39 Å². The summed E-state index contributed by atoms with van der Waals surface area (Å²) >= 11 is 0. The number of halogens is 1. The number of rotatable bonds is 3. The maximum atomic E-state index is 13.5. The largest absolute Gasteiger partial charge is 0.487 e. The molecule has 0 aromatic heterocycles. The van der Waals surface area contributed by atoms with Gasteiger partial charge in [-0.3, -0.25) is 0 Å². The van der Waals surface area contributed by atoms with Crippen LogP contribution in [0.2, 0.25) is 0 Å². The highest BCUT2D eigenvalue weighted by molar-refractivity contribution is 5.39. The molecule has 1 spiro atoms. The molecule has 2 nitrogen and oxygen atoms in total. The monoisotopic (exact) mass is 277 g/mol. The standard InChI is InChI=1S/C17H24FNO/c1-3-8-19-15-11-17(7-6-12(2)10-17)20-16-5-4-13(18)9-14(15)16/h4-5,9,12,15,19H,3,6-8,10-11H2,1-2H3. The van der Waals surface area contributed by atoms with Gasteiger partial charge in [0.2, 0.25) is 0 Å². The van der Waals surface area contributed by atoms with E-state index in [1.54, 1.807) is 12.1 Å².